The van der Waals surface area contributed by atoms with Crippen molar-refractivity contribution in [1.29, 1.82) is 0 Å². The molecule has 0 aromatic heterocycles. The van der Waals surface area contributed by atoms with E-state index in [0.29, 0.717) is 19.1 Å². The number of ether oxygens (including phenoxy) is 1. The van der Waals surface area contributed by atoms with E-state index in [9.17, 15) is 5.11 Å². The highest BCUT2D eigenvalue weighted by Crippen LogP contribution is 2.15. The van der Waals surface area contributed by atoms with Crippen molar-refractivity contribution >= 4 is 0 Å². The Labute approximate surface area is 121 Å². The summed E-state index contributed by atoms with van der Waals surface area (Å²) in [4.78, 5) is 0. The van der Waals surface area contributed by atoms with Crippen LogP contribution in [-0.2, 0) is 11.2 Å². The van der Waals surface area contributed by atoms with Gasteiger partial charge in [0, 0.05) is 13.7 Å². The van der Waals surface area contributed by atoms with E-state index in [0.717, 1.165) is 12.0 Å². The van der Waals surface area contributed by atoms with Gasteiger partial charge in [0.1, 0.15) is 0 Å². The molecule has 0 spiro atoms. The van der Waals surface area contributed by atoms with Crippen LogP contribution in [-0.4, -0.2) is 43.1 Å². The fourth-order valence-corrected chi connectivity index (χ4v) is 2.12. The van der Waals surface area contributed by atoms with Gasteiger partial charge >= 0.3 is 0 Å². The fraction of sp³-hybridized carbons (Fsp3) is 0.625. The summed E-state index contributed by atoms with van der Waals surface area (Å²) in [6.07, 6.45) is 0.476. The highest BCUT2D eigenvalue weighted by molar-refractivity contribution is 5.24. The van der Waals surface area contributed by atoms with Crippen LogP contribution in [0.25, 0.3) is 0 Å². The molecule has 0 aliphatic rings. The predicted octanol–water partition coefficient (Wildman–Crippen LogP) is 1.52. The lowest BCUT2D eigenvalue weighted by Gasteiger charge is -2.18. The van der Waals surface area contributed by atoms with E-state index in [4.69, 9.17) is 9.84 Å². The quantitative estimate of drug-likeness (QED) is 0.642. The van der Waals surface area contributed by atoms with E-state index < -0.39 is 6.10 Å². The van der Waals surface area contributed by atoms with E-state index in [1.54, 1.807) is 7.11 Å². The van der Waals surface area contributed by atoms with Crippen LogP contribution in [0.5, 0.6) is 0 Å². The van der Waals surface area contributed by atoms with Crippen molar-refractivity contribution in [2.75, 3.05) is 26.9 Å². The second-order valence-corrected chi connectivity index (χ2v) is 5.60. The van der Waals surface area contributed by atoms with Gasteiger partial charge in [-0.25, -0.2) is 0 Å². The van der Waals surface area contributed by atoms with E-state index in [1.165, 1.54) is 5.56 Å². The molecule has 3 N–H and O–H groups in total. The molecule has 4 nitrogen and oxygen atoms in total. The number of hydrogen-bond acceptors (Lipinski definition) is 4. The lowest BCUT2D eigenvalue weighted by Crippen LogP contribution is -2.38. The lowest BCUT2D eigenvalue weighted by atomic mass is 10.0. The van der Waals surface area contributed by atoms with Crippen LogP contribution in [0.4, 0.5) is 0 Å². The van der Waals surface area contributed by atoms with Crippen LogP contribution in [0.1, 0.15) is 31.1 Å². The Morgan fingerprint density at radius 3 is 2.35 bits per heavy atom. The molecule has 114 valence electrons. The van der Waals surface area contributed by atoms with E-state index in [-0.39, 0.29) is 12.6 Å². The maximum Gasteiger partial charge on any atom is 0.0914 e. The monoisotopic (exact) mass is 281 g/mol. The standard InChI is InChI=1S/C16H27NO3/c1-12(2)8-13-4-6-14(7-5-13)16(19)9-17-15(10-18)11-20-3/h4-7,12,15-19H,8-11H2,1-3H3. The van der Waals surface area contributed by atoms with Crippen molar-refractivity contribution in [2.24, 2.45) is 5.92 Å². The molecule has 20 heavy (non-hydrogen) atoms. The normalized spacial score (nSPS) is 14.5. The first-order chi connectivity index (χ1) is 9.56. The van der Waals surface area contributed by atoms with E-state index in [2.05, 4.69) is 31.3 Å². The minimum absolute atomic E-state index is 0.00607. The Kier molecular flexibility index (Phi) is 7.77. The third-order valence-electron chi connectivity index (χ3n) is 3.20. The minimum atomic E-state index is -0.575. The second-order valence-electron chi connectivity index (χ2n) is 5.60. The summed E-state index contributed by atoms with van der Waals surface area (Å²) >= 11 is 0. The smallest absolute Gasteiger partial charge is 0.0914 e. The largest absolute Gasteiger partial charge is 0.395 e. The molecule has 0 fully saturated rings. The summed E-state index contributed by atoms with van der Waals surface area (Å²) in [6.45, 7) is 5.21. The molecule has 0 aliphatic heterocycles. The number of aliphatic hydroxyl groups is 2. The molecule has 1 aromatic rings. The van der Waals surface area contributed by atoms with Crippen molar-refractivity contribution in [3.8, 4) is 0 Å². The van der Waals surface area contributed by atoms with Gasteiger partial charge in [-0.3, -0.25) is 0 Å². The Hall–Kier alpha value is -0.940. The lowest BCUT2D eigenvalue weighted by molar-refractivity contribution is 0.111. The van der Waals surface area contributed by atoms with E-state index >= 15 is 0 Å². The molecule has 0 radical (unpaired) electrons. The minimum Gasteiger partial charge on any atom is -0.395 e. The van der Waals surface area contributed by atoms with Gasteiger partial charge in [-0.2, -0.15) is 0 Å². The van der Waals surface area contributed by atoms with Crippen LogP contribution in [0.3, 0.4) is 0 Å². The van der Waals surface area contributed by atoms with Crippen molar-refractivity contribution in [1.82, 2.24) is 5.32 Å². The molecule has 1 aromatic carbocycles. The zero-order chi connectivity index (χ0) is 15.0. The maximum atomic E-state index is 10.1. The molecule has 2 atom stereocenters. The molecule has 0 saturated heterocycles. The van der Waals surface area contributed by atoms with Crippen LogP contribution in [0.15, 0.2) is 24.3 Å². The van der Waals surface area contributed by atoms with Crippen molar-refractivity contribution in [2.45, 2.75) is 32.4 Å². The molecule has 0 amide bonds. The van der Waals surface area contributed by atoms with Crippen molar-refractivity contribution < 1.29 is 14.9 Å². The van der Waals surface area contributed by atoms with Crippen molar-refractivity contribution in [3.63, 3.8) is 0 Å². The number of nitrogens with one attached hydrogen (secondary N) is 1. The third-order valence-corrected chi connectivity index (χ3v) is 3.20. The average Bonchev–Trinajstić information content (AvgIpc) is 2.43. The van der Waals surface area contributed by atoms with Crippen LogP contribution < -0.4 is 5.32 Å². The SMILES string of the molecule is COCC(CO)NCC(O)c1ccc(CC(C)C)cc1. The van der Waals surface area contributed by atoms with Crippen LogP contribution in [0, 0.1) is 5.92 Å². The molecule has 0 aliphatic carbocycles. The van der Waals surface area contributed by atoms with Crippen molar-refractivity contribution in [3.05, 3.63) is 35.4 Å². The van der Waals surface area contributed by atoms with Gasteiger partial charge in [0.05, 0.1) is 25.4 Å². The number of aliphatic hydroxyl groups excluding tert-OH is 2. The molecule has 0 saturated carbocycles. The van der Waals surface area contributed by atoms with Crippen LogP contribution in [0.2, 0.25) is 0 Å². The highest BCUT2D eigenvalue weighted by Gasteiger charge is 2.11. The Bertz CT molecular complexity index is 364. The zero-order valence-electron chi connectivity index (χ0n) is 12.7. The van der Waals surface area contributed by atoms with Gasteiger partial charge in [0.25, 0.3) is 0 Å². The summed E-state index contributed by atoms with van der Waals surface area (Å²) in [6, 6.07) is 7.92. The average molecular weight is 281 g/mol. The third kappa shape index (κ3) is 6.01. The molecule has 0 heterocycles. The first-order valence-corrected chi connectivity index (χ1v) is 7.16. The fourth-order valence-electron chi connectivity index (χ4n) is 2.12. The summed E-state index contributed by atoms with van der Waals surface area (Å²) in [7, 11) is 1.59. The molecule has 2 unspecified atom stereocenters. The molecule has 4 heteroatoms. The summed E-state index contributed by atoms with van der Waals surface area (Å²) in [5.41, 5.74) is 2.18. The van der Waals surface area contributed by atoms with Crippen LogP contribution >= 0.6 is 0 Å². The number of hydrogen-bond donors (Lipinski definition) is 3. The van der Waals surface area contributed by atoms with Gasteiger partial charge in [-0.1, -0.05) is 38.1 Å². The van der Waals surface area contributed by atoms with Gasteiger partial charge in [-0.05, 0) is 23.5 Å². The summed E-state index contributed by atoms with van der Waals surface area (Å²) in [5.74, 6) is 0.631. The Morgan fingerprint density at radius 2 is 1.85 bits per heavy atom. The molecule has 0 bridgehead atoms. The van der Waals surface area contributed by atoms with Gasteiger partial charge < -0.3 is 20.3 Å². The second kappa shape index (κ2) is 9.08. The number of rotatable bonds is 9. The number of methoxy groups -OCH3 is 1. The van der Waals surface area contributed by atoms with E-state index in [1.807, 2.05) is 12.1 Å². The zero-order valence-corrected chi connectivity index (χ0v) is 12.7. The first-order valence-electron chi connectivity index (χ1n) is 7.16. The summed E-state index contributed by atoms with van der Waals surface area (Å²) < 4.78 is 4.98. The topological polar surface area (TPSA) is 61.7 Å². The summed E-state index contributed by atoms with van der Waals surface area (Å²) in [5, 5.41) is 22.3. The predicted molar refractivity (Wildman–Crippen MR) is 80.7 cm³/mol. The van der Waals surface area contributed by atoms with Gasteiger partial charge in [0.15, 0.2) is 0 Å². The Balaban J connectivity index is 2.48. The molecular formula is C16H27NO3. The maximum absolute atomic E-state index is 10.1. The first kappa shape index (κ1) is 17.1. The molecule has 1 rings (SSSR count). The van der Waals surface area contributed by atoms with Gasteiger partial charge in [0.2, 0.25) is 0 Å². The van der Waals surface area contributed by atoms with Gasteiger partial charge in [-0.15, -0.1) is 0 Å². The number of benzene rings is 1. The highest BCUT2D eigenvalue weighted by atomic mass is 16.5. The Morgan fingerprint density at radius 1 is 1.20 bits per heavy atom. The molecular weight excluding hydrogens is 254 g/mol.